The maximum absolute atomic E-state index is 12.7. The van der Waals surface area contributed by atoms with E-state index in [1.54, 1.807) is 22.0 Å². The summed E-state index contributed by atoms with van der Waals surface area (Å²) in [5.74, 6) is 0.197. The van der Waals surface area contributed by atoms with Crippen LogP contribution in [0.4, 0.5) is 0 Å². The molecule has 1 aliphatic rings. The number of rotatable bonds is 3. The Morgan fingerprint density at radius 2 is 2.26 bits per heavy atom. The van der Waals surface area contributed by atoms with Crippen molar-refractivity contribution in [2.45, 2.75) is 31.7 Å². The molecule has 0 saturated carbocycles. The topological polar surface area (TPSA) is 50.5 Å². The lowest BCUT2D eigenvalue weighted by Crippen LogP contribution is -2.39. The summed E-state index contributed by atoms with van der Waals surface area (Å²) in [5, 5.41) is 8.25. The average Bonchev–Trinajstić information content (AvgIpc) is 3.25. The molecule has 1 atom stereocenters. The van der Waals surface area contributed by atoms with Crippen molar-refractivity contribution in [1.29, 1.82) is 0 Å². The zero-order chi connectivity index (χ0) is 15.6. The molecule has 1 aliphatic heterocycles. The second-order valence-corrected chi connectivity index (χ2v) is 6.67. The van der Waals surface area contributed by atoms with Crippen LogP contribution in [0.5, 0.6) is 0 Å². The van der Waals surface area contributed by atoms with Crippen molar-refractivity contribution < 1.29 is 4.79 Å². The lowest BCUT2D eigenvalue weighted by atomic mass is 9.98. The van der Waals surface area contributed by atoms with E-state index in [1.165, 1.54) is 0 Å². The Labute approximate surface area is 138 Å². The lowest BCUT2D eigenvalue weighted by molar-refractivity contribution is -0.134. The number of nitrogens with zero attached hydrogens (tertiary/aromatic N) is 4. The predicted molar refractivity (Wildman–Crippen MR) is 89.3 cm³/mol. The number of hydrogen-bond acceptors (Lipinski definition) is 4. The van der Waals surface area contributed by atoms with Crippen LogP contribution in [0.3, 0.4) is 0 Å². The molecule has 23 heavy (non-hydrogen) atoms. The minimum absolute atomic E-state index is 0.0785. The van der Waals surface area contributed by atoms with Crippen LogP contribution in [-0.2, 0) is 11.2 Å². The molecule has 0 spiro atoms. The summed E-state index contributed by atoms with van der Waals surface area (Å²) in [6.45, 7) is 0.819. The van der Waals surface area contributed by atoms with E-state index in [0.29, 0.717) is 6.42 Å². The number of carbonyl (C=O) groups excluding carboxylic acids is 1. The minimum atomic E-state index is 0.0785. The summed E-state index contributed by atoms with van der Waals surface area (Å²) < 4.78 is 1.75. The highest BCUT2D eigenvalue weighted by Gasteiger charge is 2.29. The number of thiophene rings is 1. The van der Waals surface area contributed by atoms with Gasteiger partial charge in [0.2, 0.25) is 5.91 Å². The van der Waals surface area contributed by atoms with Gasteiger partial charge in [-0.05, 0) is 47.7 Å². The van der Waals surface area contributed by atoms with Gasteiger partial charge >= 0.3 is 0 Å². The first-order chi connectivity index (χ1) is 11.3. The van der Waals surface area contributed by atoms with Crippen molar-refractivity contribution in [3.63, 3.8) is 0 Å². The number of carbonyl (C=O) groups is 1. The van der Waals surface area contributed by atoms with Crippen LogP contribution in [0.25, 0.3) is 5.65 Å². The number of piperidine rings is 1. The first-order valence-electron chi connectivity index (χ1n) is 7.92. The molecule has 1 saturated heterocycles. The molecule has 0 aliphatic carbocycles. The zero-order valence-electron chi connectivity index (χ0n) is 12.8. The van der Waals surface area contributed by atoms with Crippen LogP contribution in [0.2, 0.25) is 0 Å². The summed E-state index contributed by atoms with van der Waals surface area (Å²) in [7, 11) is 0. The SMILES string of the molecule is O=C(Cc1ccsc1)N1CCCCC1c1ccn2nccc2n1. The second kappa shape index (κ2) is 6.12. The molecule has 118 valence electrons. The van der Waals surface area contributed by atoms with Crippen LogP contribution in [0, 0.1) is 0 Å². The Morgan fingerprint density at radius 3 is 3.13 bits per heavy atom. The largest absolute Gasteiger partial charge is 0.334 e. The normalized spacial score (nSPS) is 18.4. The van der Waals surface area contributed by atoms with Crippen molar-refractivity contribution in [2.75, 3.05) is 6.54 Å². The molecular weight excluding hydrogens is 308 g/mol. The zero-order valence-corrected chi connectivity index (χ0v) is 13.6. The van der Waals surface area contributed by atoms with Crippen LogP contribution in [-0.4, -0.2) is 31.9 Å². The van der Waals surface area contributed by atoms with Gasteiger partial charge in [-0.2, -0.15) is 16.4 Å². The second-order valence-electron chi connectivity index (χ2n) is 5.89. The fraction of sp³-hybridized carbons (Fsp3) is 0.353. The summed E-state index contributed by atoms with van der Waals surface area (Å²) in [6, 6.07) is 5.98. The third kappa shape index (κ3) is 2.86. The molecule has 1 fully saturated rings. The molecule has 0 radical (unpaired) electrons. The standard InChI is InChI=1S/C17H18N4OS/c22-17(11-13-6-10-23-12-13)20-8-2-1-3-15(20)14-5-9-21-16(19-14)4-7-18-21/h4-7,9-10,12,15H,1-3,8,11H2. The van der Waals surface area contributed by atoms with Crippen molar-refractivity contribution in [3.8, 4) is 0 Å². The summed E-state index contributed by atoms with van der Waals surface area (Å²) in [4.78, 5) is 19.5. The van der Waals surface area contributed by atoms with Gasteiger partial charge in [-0.1, -0.05) is 0 Å². The smallest absolute Gasteiger partial charge is 0.227 e. The van der Waals surface area contributed by atoms with Gasteiger partial charge in [0, 0.05) is 18.8 Å². The van der Waals surface area contributed by atoms with E-state index in [2.05, 4.69) is 5.10 Å². The Hall–Kier alpha value is -2.21. The van der Waals surface area contributed by atoms with E-state index in [4.69, 9.17) is 4.98 Å². The van der Waals surface area contributed by atoms with E-state index < -0.39 is 0 Å². The molecule has 0 N–H and O–H groups in total. The highest BCUT2D eigenvalue weighted by atomic mass is 32.1. The van der Waals surface area contributed by atoms with E-state index in [1.807, 2.05) is 40.1 Å². The van der Waals surface area contributed by atoms with Crippen LogP contribution in [0.15, 0.2) is 41.4 Å². The number of aromatic nitrogens is 3. The number of amides is 1. The third-order valence-electron chi connectivity index (χ3n) is 4.38. The minimum Gasteiger partial charge on any atom is -0.334 e. The van der Waals surface area contributed by atoms with Crippen molar-refractivity contribution in [2.24, 2.45) is 0 Å². The monoisotopic (exact) mass is 326 g/mol. The third-order valence-corrected chi connectivity index (χ3v) is 5.11. The number of fused-ring (bicyclic) bond motifs is 1. The molecule has 1 amide bonds. The van der Waals surface area contributed by atoms with Gasteiger partial charge in [-0.15, -0.1) is 0 Å². The van der Waals surface area contributed by atoms with Gasteiger partial charge in [0.05, 0.1) is 24.4 Å². The molecule has 1 unspecified atom stereocenters. The average molecular weight is 326 g/mol. The van der Waals surface area contributed by atoms with Crippen LogP contribution >= 0.6 is 11.3 Å². The van der Waals surface area contributed by atoms with Crippen molar-refractivity contribution in [3.05, 3.63) is 52.6 Å². The highest BCUT2D eigenvalue weighted by Crippen LogP contribution is 2.30. The molecule has 5 nitrogen and oxygen atoms in total. The van der Waals surface area contributed by atoms with Gasteiger partial charge in [-0.3, -0.25) is 4.79 Å². The Balaban J connectivity index is 1.60. The fourth-order valence-electron chi connectivity index (χ4n) is 3.22. The predicted octanol–water partition coefficient (Wildman–Crippen LogP) is 3.09. The molecule has 0 aromatic carbocycles. The first kappa shape index (κ1) is 14.4. The number of hydrogen-bond donors (Lipinski definition) is 0. The van der Waals surface area contributed by atoms with Gasteiger partial charge in [0.25, 0.3) is 0 Å². The lowest BCUT2D eigenvalue weighted by Gasteiger charge is -2.35. The fourth-order valence-corrected chi connectivity index (χ4v) is 3.89. The van der Waals surface area contributed by atoms with Crippen molar-refractivity contribution in [1.82, 2.24) is 19.5 Å². The van der Waals surface area contributed by atoms with Gasteiger partial charge in [-0.25, -0.2) is 9.50 Å². The van der Waals surface area contributed by atoms with Crippen LogP contribution < -0.4 is 0 Å². The van der Waals surface area contributed by atoms with Crippen LogP contribution in [0.1, 0.15) is 36.6 Å². The molecular formula is C17H18N4OS. The van der Waals surface area contributed by atoms with Crippen molar-refractivity contribution >= 4 is 22.9 Å². The molecule has 0 bridgehead atoms. The maximum atomic E-state index is 12.7. The molecule has 4 heterocycles. The maximum Gasteiger partial charge on any atom is 0.227 e. The van der Waals surface area contributed by atoms with E-state index in [-0.39, 0.29) is 11.9 Å². The quantitative estimate of drug-likeness (QED) is 0.743. The first-order valence-corrected chi connectivity index (χ1v) is 8.86. The molecule has 6 heteroatoms. The Bertz CT molecular complexity index is 811. The van der Waals surface area contributed by atoms with Gasteiger partial charge in [0.1, 0.15) is 0 Å². The molecule has 3 aromatic rings. The summed E-state index contributed by atoms with van der Waals surface area (Å²) in [6.07, 6.45) is 7.34. The molecule has 4 rings (SSSR count). The van der Waals surface area contributed by atoms with E-state index in [0.717, 1.165) is 42.7 Å². The Morgan fingerprint density at radius 1 is 1.30 bits per heavy atom. The van der Waals surface area contributed by atoms with Gasteiger partial charge < -0.3 is 4.90 Å². The summed E-state index contributed by atoms with van der Waals surface area (Å²) in [5.41, 5.74) is 2.90. The van der Waals surface area contributed by atoms with Gasteiger partial charge in [0.15, 0.2) is 5.65 Å². The summed E-state index contributed by atoms with van der Waals surface area (Å²) >= 11 is 1.64. The van der Waals surface area contributed by atoms with E-state index in [9.17, 15) is 4.79 Å². The molecule has 3 aromatic heterocycles. The Kier molecular flexibility index (Phi) is 3.83. The van der Waals surface area contributed by atoms with E-state index >= 15 is 0 Å². The highest BCUT2D eigenvalue weighted by molar-refractivity contribution is 7.08. The number of likely N-dealkylation sites (tertiary alicyclic amines) is 1.